The monoisotopic (exact) mass is 271 g/mol. The van der Waals surface area contributed by atoms with Crippen LogP contribution < -0.4 is 5.32 Å². The summed E-state index contributed by atoms with van der Waals surface area (Å²) in [6, 6.07) is 5.47. The zero-order chi connectivity index (χ0) is 13.5. The molecule has 1 aromatic rings. The van der Waals surface area contributed by atoms with E-state index in [0.29, 0.717) is 12.0 Å². The van der Waals surface area contributed by atoms with Crippen molar-refractivity contribution >= 4 is 11.6 Å². The molecular formula is C15H23ClFN. The maximum Gasteiger partial charge on any atom is 0.141 e. The van der Waals surface area contributed by atoms with Crippen molar-refractivity contribution in [3.05, 3.63) is 34.6 Å². The maximum atomic E-state index is 13.2. The summed E-state index contributed by atoms with van der Waals surface area (Å²) in [5.74, 6) is -0.00391. The Hall–Kier alpha value is -0.600. The van der Waals surface area contributed by atoms with Crippen molar-refractivity contribution in [3.8, 4) is 0 Å². The number of halogens is 2. The van der Waals surface area contributed by atoms with Crippen LogP contribution >= 0.6 is 11.6 Å². The van der Waals surface area contributed by atoms with E-state index in [1.807, 2.05) is 6.07 Å². The smallest absolute Gasteiger partial charge is 0.141 e. The summed E-state index contributed by atoms with van der Waals surface area (Å²) >= 11 is 5.85. The summed E-state index contributed by atoms with van der Waals surface area (Å²) in [4.78, 5) is 0. The Morgan fingerprint density at radius 3 is 2.56 bits per heavy atom. The summed E-state index contributed by atoms with van der Waals surface area (Å²) in [5, 5.41) is 3.78. The quantitative estimate of drug-likeness (QED) is 0.755. The van der Waals surface area contributed by atoms with E-state index in [4.69, 9.17) is 11.6 Å². The van der Waals surface area contributed by atoms with E-state index in [-0.39, 0.29) is 10.8 Å². The molecule has 0 aromatic heterocycles. The van der Waals surface area contributed by atoms with Gasteiger partial charge in [0.2, 0.25) is 0 Å². The van der Waals surface area contributed by atoms with Gasteiger partial charge in [-0.2, -0.15) is 0 Å². The Kier molecular flexibility index (Phi) is 6.66. The first-order chi connectivity index (χ1) is 8.60. The fourth-order valence-corrected chi connectivity index (χ4v) is 2.39. The molecule has 1 nitrogen and oxygen atoms in total. The molecule has 1 aromatic carbocycles. The van der Waals surface area contributed by atoms with Gasteiger partial charge in [-0.15, -0.1) is 0 Å². The molecule has 18 heavy (non-hydrogen) atoms. The predicted octanol–water partition coefficient (Wildman–Crippen LogP) is 4.75. The molecule has 0 aliphatic heterocycles. The standard InChI is InChI=1S/C15H23ClFN/c1-4-6-15(18-9-5-2)11(3)12-7-8-14(17)13(16)10-12/h7-8,10-11,15,18H,4-6,9H2,1-3H3. The Labute approximate surface area is 115 Å². The Morgan fingerprint density at radius 1 is 1.28 bits per heavy atom. The van der Waals surface area contributed by atoms with Crippen LogP contribution in [-0.2, 0) is 0 Å². The maximum absolute atomic E-state index is 13.2. The van der Waals surface area contributed by atoms with Crippen molar-refractivity contribution in [2.45, 2.75) is 52.0 Å². The summed E-state index contributed by atoms with van der Waals surface area (Å²) in [6.07, 6.45) is 3.38. The van der Waals surface area contributed by atoms with Crippen molar-refractivity contribution in [1.82, 2.24) is 5.32 Å². The minimum Gasteiger partial charge on any atom is -0.313 e. The Morgan fingerprint density at radius 2 is 2.00 bits per heavy atom. The molecule has 102 valence electrons. The van der Waals surface area contributed by atoms with Crippen molar-refractivity contribution in [2.75, 3.05) is 6.54 Å². The molecule has 0 aliphatic rings. The minimum absolute atomic E-state index is 0.213. The van der Waals surface area contributed by atoms with Crippen LogP contribution in [0.5, 0.6) is 0 Å². The van der Waals surface area contributed by atoms with Gasteiger partial charge in [0.25, 0.3) is 0 Å². The van der Waals surface area contributed by atoms with Crippen molar-refractivity contribution < 1.29 is 4.39 Å². The lowest BCUT2D eigenvalue weighted by Gasteiger charge is -2.25. The van der Waals surface area contributed by atoms with Crippen molar-refractivity contribution in [2.24, 2.45) is 0 Å². The van der Waals surface area contributed by atoms with Crippen LogP contribution in [0.15, 0.2) is 18.2 Å². The number of hydrogen-bond donors (Lipinski definition) is 1. The molecule has 0 saturated carbocycles. The predicted molar refractivity (Wildman–Crippen MR) is 76.8 cm³/mol. The van der Waals surface area contributed by atoms with Crippen LogP contribution in [0.1, 0.15) is 51.5 Å². The lowest BCUT2D eigenvalue weighted by molar-refractivity contribution is 0.420. The van der Waals surface area contributed by atoms with Crippen LogP contribution in [0.25, 0.3) is 0 Å². The lowest BCUT2D eigenvalue weighted by atomic mass is 9.90. The van der Waals surface area contributed by atoms with Gasteiger partial charge in [-0.25, -0.2) is 4.39 Å². The molecule has 0 saturated heterocycles. The van der Waals surface area contributed by atoms with Crippen LogP contribution in [0.2, 0.25) is 5.02 Å². The molecule has 2 unspecified atom stereocenters. The van der Waals surface area contributed by atoms with E-state index in [9.17, 15) is 4.39 Å². The molecule has 0 heterocycles. The van der Waals surface area contributed by atoms with Crippen LogP contribution in [0, 0.1) is 5.82 Å². The highest BCUT2D eigenvalue weighted by Crippen LogP contribution is 2.26. The average Bonchev–Trinajstić information content (AvgIpc) is 2.37. The SMILES string of the molecule is CCCNC(CCC)C(C)c1ccc(F)c(Cl)c1. The third-order valence-corrected chi connectivity index (χ3v) is 3.62. The third-order valence-electron chi connectivity index (χ3n) is 3.33. The molecule has 0 radical (unpaired) electrons. The summed E-state index contributed by atoms with van der Waals surface area (Å²) < 4.78 is 13.2. The second kappa shape index (κ2) is 7.75. The molecule has 0 bridgehead atoms. The summed E-state index contributed by atoms with van der Waals surface area (Å²) in [6.45, 7) is 7.54. The van der Waals surface area contributed by atoms with E-state index in [2.05, 4.69) is 26.1 Å². The normalized spacial score (nSPS) is 14.5. The largest absolute Gasteiger partial charge is 0.313 e. The third kappa shape index (κ3) is 4.25. The van der Waals surface area contributed by atoms with Gasteiger partial charge in [-0.3, -0.25) is 0 Å². The molecule has 0 aliphatic carbocycles. The second-order valence-electron chi connectivity index (χ2n) is 4.81. The zero-order valence-electron chi connectivity index (χ0n) is 11.5. The van der Waals surface area contributed by atoms with E-state index in [1.165, 1.54) is 6.07 Å². The average molecular weight is 272 g/mol. The first kappa shape index (κ1) is 15.5. The molecule has 2 atom stereocenters. The van der Waals surface area contributed by atoms with Gasteiger partial charge in [0.05, 0.1) is 5.02 Å². The van der Waals surface area contributed by atoms with Gasteiger partial charge in [0.15, 0.2) is 0 Å². The van der Waals surface area contributed by atoms with Gasteiger partial charge < -0.3 is 5.32 Å². The molecule has 0 amide bonds. The lowest BCUT2D eigenvalue weighted by Crippen LogP contribution is -2.34. The molecule has 1 N–H and O–H groups in total. The highest BCUT2D eigenvalue weighted by atomic mass is 35.5. The van der Waals surface area contributed by atoms with Crippen molar-refractivity contribution in [3.63, 3.8) is 0 Å². The van der Waals surface area contributed by atoms with E-state index >= 15 is 0 Å². The molecule has 3 heteroatoms. The molecule has 1 rings (SSSR count). The van der Waals surface area contributed by atoms with E-state index in [0.717, 1.165) is 31.4 Å². The van der Waals surface area contributed by atoms with Gasteiger partial charge in [0.1, 0.15) is 5.82 Å². The topological polar surface area (TPSA) is 12.0 Å². The van der Waals surface area contributed by atoms with E-state index < -0.39 is 0 Å². The highest BCUT2D eigenvalue weighted by Gasteiger charge is 2.18. The molecule has 0 spiro atoms. The first-order valence-corrected chi connectivity index (χ1v) is 7.16. The minimum atomic E-state index is -0.346. The molecule has 0 fully saturated rings. The van der Waals surface area contributed by atoms with Crippen LogP contribution in [0.4, 0.5) is 4.39 Å². The summed E-state index contributed by atoms with van der Waals surface area (Å²) in [7, 11) is 0. The number of benzene rings is 1. The van der Waals surface area contributed by atoms with Gasteiger partial charge in [-0.1, -0.05) is 44.9 Å². The van der Waals surface area contributed by atoms with Crippen LogP contribution in [-0.4, -0.2) is 12.6 Å². The van der Waals surface area contributed by atoms with Gasteiger partial charge in [-0.05, 0) is 43.0 Å². The fraction of sp³-hybridized carbons (Fsp3) is 0.600. The zero-order valence-corrected chi connectivity index (χ0v) is 12.2. The second-order valence-corrected chi connectivity index (χ2v) is 5.22. The Bertz CT molecular complexity index is 368. The Balaban J connectivity index is 2.79. The first-order valence-electron chi connectivity index (χ1n) is 6.78. The number of hydrogen-bond acceptors (Lipinski definition) is 1. The van der Waals surface area contributed by atoms with Gasteiger partial charge >= 0.3 is 0 Å². The molecular weight excluding hydrogens is 249 g/mol. The highest BCUT2D eigenvalue weighted by molar-refractivity contribution is 6.30. The number of rotatable bonds is 7. The fourth-order valence-electron chi connectivity index (χ4n) is 2.20. The van der Waals surface area contributed by atoms with Gasteiger partial charge in [0, 0.05) is 6.04 Å². The summed E-state index contributed by atoms with van der Waals surface area (Å²) in [5.41, 5.74) is 1.10. The van der Waals surface area contributed by atoms with Crippen molar-refractivity contribution in [1.29, 1.82) is 0 Å². The van der Waals surface area contributed by atoms with E-state index in [1.54, 1.807) is 6.07 Å². The van der Waals surface area contributed by atoms with Crippen LogP contribution in [0.3, 0.4) is 0 Å². The number of nitrogens with one attached hydrogen (secondary N) is 1.